The van der Waals surface area contributed by atoms with Crippen LogP contribution in [0.15, 0.2) is 30.3 Å². The largest absolute Gasteiger partial charge is 0.478 e. The van der Waals surface area contributed by atoms with Gasteiger partial charge in [-0.2, -0.15) is 0 Å². The van der Waals surface area contributed by atoms with Gasteiger partial charge in [0.25, 0.3) is 0 Å². The molecular weight excluding hydrogens is 216 g/mol. The van der Waals surface area contributed by atoms with Crippen molar-refractivity contribution in [3.63, 3.8) is 0 Å². The lowest BCUT2D eigenvalue weighted by molar-refractivity contribution is 0.0697. The van der Waals surface area contributed by atoms with Crippen molar-refractivity contribution in [1.82, 2.24) is 9.88 Å². The van der Waals surface area contributed by atoms with E-state index in [1.165, 1.54) is 0 Å². The number of hydrogen-bond acceptors (Lipinski definition) is 3. The van der Waals surface area contributed by atoms with Crippen LogP contribution in [-0.2, 0) is 6.54 Å². The molecule has 4 nitrogen and oxygen atoms in total. The maximum atomic E-state index is 10.8. The smallest absolute Gasteiger partial charge is 0.335 e. The Balaban J connectivity index is 2.43. The molecule has 2 aromatic rings. The molecule has 1 aromatic carbocycles. The highest BCUT2D eigenvalue weighted by atomic mass is 16.4. The fraction of sp³-hybridized carbons (Fsp3) is 0.231. The average Bonchev–Trinajstić information content (AvgIpc) is 2.27. The first-order valence-electron chi connectivity index (χ1n) is 5.34. The molecular formula is C13H14N2O2. The number of benzene rings is 1. The van der Waals surface area contributed by atoms with Gasteiger partial charge < -0.3 is 10.0 Å². The van der Waals surface area contributed by atoms with Crippen molar-refractivity contribution < 1.29 is 9.90 Å². The van der Waals surface area contributed by atoms with E-state index in [0.29, 0.717) is 5.56 Å². The van der Waals surface area contributed by atoms with Crippen LogP contribution in [0.2, 0.25) is 0 Å². The Bertz CT molecular complexity index is 564. The van der Waals surface area contributed by atoms with E-state index in [2.05, 4.69) is 4.98 Å². The van der Waals surface area contributed by atoms with Crippen molar-refractivity contribution >= 4 is 16.9 Å². The van der Waals surface area contributed by atoms with Gasteiger partial charge in [-0.05, 0) is 38.4 Å². The van der Waals surface area contributed by atoms with Crippen LogP contribution in [-0.4, -0.2) is 35.1 Å². The number of fused-ring (bicyclic) bond motifs is 1. The molecule has 2 rings (SSSR count). The fourth-order valence-corrected chi connectivity index (χ4v) is 1.71. The fourth-order valence-electron chi connectivity index (χ4n) is 1.71. The first-order valence-corrected chi connectivity index (χ1v) is 5.34. The lowest BCUT2D eigenvalue weighted by Crippen LogP contribution is -2.11. The Labute approximate surface area is 99.5 Å². The molecule has 0 amide bonds. The number of carboxylic acids is 1. The molecule has 88 valence electrons. The monoisotopic (exact) mass is 230 g/mol. The van der Waals surface area contributed by atoms with Crippen LogP contribution in [0.5, 0.6) is 0 Å². The van der Waals surface area contributed by atoms with Crippen molar-refractivity contribution in [2.45, 2.75) is 6.54 Å². The maximum Gasteiger partial charge on any atom is 0.335 e. The molecule has 1 N–H and O–H groups in total. The molecule has 0 spiro atoms. The highest BCUT2D eigenvalue weighted by Gasteiger charge is 2.05. The third-order valence-corrected chi connectivity index (χ3v) is 2.47. The number of pyridine rings is 1. The van der Waals surface area contributed by atoms with E-state index < -0.39 is 5.97 Å². The predicted molar refractivity (Wildman–Crippen MR) is 66.1 cm³/mol. The molecule has 0 fully saturated rings. The summed E-state index contributed by atoms with van der Waals surface area (Å²) in [7, 11) is 3.97. The minimum atomic E-state index is -0.913. The van der Waals surface area contributed by atoms with Crippen molar-refractivity contribution in [3.05, 3.63) is 41.6 Å². The third-order valence-electron chi connectivity index (χ3n) is 2.47. The van der Waals surface area contributed by atoms with Gasteiger partial charge in [-0.25, -0.2) is 4.79 Å². The van der Waals surface area contributed by atoms with Crippen LogP contribution in [0, 0.1) is 0 Å². The van der Waals surface area contributed by atoms with Crippen LogP contribution in [0.25, 0.3) is 10.9 Å². The van der Waals surface area contributed by atoms with Gasteiger partial charge in [-0.15, -0.1) is 0 Å². The van der Waals surface area contributed by atoms with Crippen molar-refractivity contribution in [1.29, 1.82) is 0 Å². The molecule has 0 aliphatic rings. The van der Waals surface area contributed by atoms with Gasteiger partial charge in [0.05, 0.1) is 16.8 Å². The summed E-state index contributed by atoms with van der Waals surface area (Å²) in [5, 5.41) is 9.74. The summed E-state index contributed by atoms with van der Waals surface area (Å²) in [4.78, 5) is 17.4. The van der Waals surface area contributed by atoms with Crippen molar-refractivity contribution in [3.8, 4) is 0 Å². The maximum absolute atomic E-state index is 10.8. The van der Waals surface area contributed by atoms with E-state index in [4.69, 9.17) is 5.11 Å². The summed E-state index contributed by atoms with van der Waals surface area (Å²) in [5.74, 6) is -0.913. The van der Waals surface area contributed by atoms with Gasteiger partial charge in [0.15, 0.2) is 0 Å². The zero-order valence-electron chi connectivity index (χ0n) is 9.84. The van der Waals surface area contributed by atoms with E-state index in [1.807, 2.05) is 31.1 Å². The quantitative estimate of drug-likeness (QED) is 0.876. The molecule has 17 heavy (non-hydrogen) atoms. The highest BCUT2D eigenvalue weighted by molar-refractivity contribution is 5.93. The molecule has 0 saturated heterocycles. The summed E-state index contributed by atoms with van der Waals surface area (Å²) in [6, 6.07) is 8.81. The Morgan fingerprint density at radius 3 is 2.71 bits per heavy atom. The zero-order valence-corrected chi connectivity index (χ0v) is 9.84. The molecule has 0 aliphatic carbocycles. The molecule has 0 unspecified atom stereocenters. The summed E-state index contributed by atoms with van der Waals surface area (Å²) >= 11 is 0. The molecule has 1 aromatic heterocycles. The van der Waals surface area contributed by atoms with Crippen LogP contribution < -0.4 is 0 Å². The van der Waals surface area contributed by atoms with Crippen LogP contribution in [0.1, 0.15) is 16.1 Å². The molecule has 0 radical (unpaired) electrons. The average molecular weight is 230 g/mol. The Morgan fingerprint density at radius 1 is 1.29 bits per heavy atom. The second-order valence-electron chi connectivity index (χ2n) is 4.25. The topological polar surface area (TPSA) is 53.4 Å². The minimum absolute atomic E-state index is 0.291. The lowest BCUT2D eigenvalue weighted by atomic mass is 10.1. The highest BCUT2D eigenvalue weighted by Crippen LogP contribution is 2.15. The first-order chi connectivity index (χ1) is 8.06. The summed E-state index contributed by atoms with van der Waals surface area (Å²) in [5.41, 5.74) is 2.10. The number of carboxylic acid groups (broad SMARTS) is 1. The second-order valence-corrected chi connectivity index (χ2v) is 4.25. The normalized spacial score (nSPS) is 11.0. The lowest BCUT2D eigenvalue weighted by Gasteiger charge is -2.09. The SMILES string of the molecule is CN(C)Cc1ccc2cc(C(=O)O)ccc2n1. The number of aromatic nitrogens is 1. The zero-order chi connectivity index (χ0) is 12.4. The molecule has 0 aliphatic heterocycles. The van der Waals surface area contributed by atoms with Gasteiger partial charge in [0, 0.05) is 11.9 Å². The summed E-state index contributed by atoms with van der Waals surface area (Å²) < 4.78 is 0. The summed E-state index contributed by atoms with van der Waals surface area (Å²) in [6.45, 7) is 0.774. The number of hydrogen-bond donors (Lipinski definition) is 1. The van der Waals surface area contributed by atoms with Crippen LogP contribution >= 0.6 is 0 Å². The van der Waals surface area contributed by atoms with E-state index >= 15 is 0 Å². The summed E-state index contributed by atoms with van der Waals surface area (Å²) in [6.07, 6.45) is 0. The first kappa shape index (κ1) is 11.5. The number of carbonyl (C=O) groups is 1. The molecule has 0 bridgehead atoms. The van der Waals surface area contributed by atoms with E-state index in [-0.39, 0.29) is 0 Å². The number of nitrogens with zero attached hydrogens (tertiary/aromatic N) is 2. The predicted octanol–water partition coefficient (Wildman–Crippen LogP) is 1.99. The number of rotatable bonds is 3. The molecule has 0 atom stereocenters. The number of aromatic carboxylic acids is 1. The molecule has 1 heterocycles. The van der Waals surface area contributed by atoms with Gasteiger partial charge in [-0.3, -0.25) is 4.98 Å². The van der Waals surface area contributed by atoms with Crippen LogP contribution in [0.3, 0.4) is 0 Å². The van der Waals surface area contributed by atoms with Gasteiger partial charge >= 0.3 is 5.97 Å². The molecule has 0 saturated carbocycles. The second kappa shape index (κ2) is 4.51. The van der Waals surface area contributed by atoms with Crippen molar-refractivity contribution in [2.24, 2.45) is 0 Å². The van der Waals surface area contributed by atoms with Crippen molar-refractivity contribution in [2.75, 3.05) is 14.1 Å². The Morgan fingerprint density at radius 2 is 2.06 bits per heavy atom. The van der Waals surface area contributed by atoms with E-state index in [1.54, 1.807) is 18.2 Å². The van der Waals surface area contributed by atoms with Gasteiger partial charge in [0.2, 0.25) is 0 Å². The molecule has 4 heteroatoms. The Hall–Kier alpha value is -1.94. The van der Waals surface area contributed by atoms with E-state index in [0.717, 1.165) is 23.1 Å². The third kappa shape index (κ3) is 2.60. The minimum Gasteiger partial charge on any atom is -0.478 e. The van der Waals surface area contributed by atoms with Gasteiger partial charge in [-0.1, -0.05) is 6.07 Å². The van der Waals surface area contributed by atoms with Crippen LogP contribution in [0.4, 0.5) is 0 Å². The standard InChI is InChI=1S/C13H14N2O2/c1-15(2)8-11-5-3-9-7-10(13(16)17)4-6-12(9)14-11/h3-7H,8H2,1-2H3,(H,16,17). The van der Waals surface area contributed by atoms with E-state index in [9.17, 15) is 4.79 Å². The van der Waals surface area contributed by atoms with Gasteiger partial charge in [0.1, 0.15) is 0 Å². The Kier molecular flexibility index (Phi) is 3.06.